The highest BCUT2D eigenvalue weighted by atomic mass is 35.5. The molecule has 0 saturated carbocycles. The lowest BCUT2D eigenvalue weighted by molar-refractivity contribution is 1.02. The Morgan fingerprint density at radius 3 is 1.96 bits per heavy atom. The van der Waals surface area contributed by atoms with E-state index in [1.54, 1.807) is 12.2 Å². The fraction of sp³-hybridized carbons (Fsp3) is 0. The van der Waals surface area contributed by atoms with Crippen molar-refractivity contribution in [2.45, 2.75) is 0 Å². The number of para-hydroxylation sites is 2. The Labute approximate surface area is 144 Å². The van der Waals surface area contributed by atoms with Gasteiger partial charge >= 0.3 is 0 Å². The summed E-state index contributed by atoms with van der Waals surface area (Å²) in [6, 6.07) is 16.5. The second-order valence-corrected chi connectivity index (χ2v) is 5.73. The van der Waals surface area contributed by atoms with Crippen LogP contribution in [0.1, 0.15) is 11.3 Å². The summed E-state index contributed by atoms with van der Waals surface area (Å²) in [4.78, 5) is 8.74. The van der Waals surface area contributed by atoms with Crippen LogP contribution in [0.25, 0.3) is 39.8 Å². The summed E-state index contributed by atoms with van der Waals surface area (Å²) in [5, 5.41) is 2.52. The molecular formula is C20H14ClN3. The summed E-state index contributed by atoms with van der Waals surface area (Å²) in [6.45, 7) is 7.74. The SMILES string of the molecule is C=Cc1nc(Cl)nc(-n2c3ccccc3c3ccccc32)c1C=C. The molecule has 116 valence electrons. The normalized spacial score (nSPS) is 11.0. The molecule has 2 aromatic heterocycles. The maximum absolute atomic E-state index is 6.16. The van der Waals surface area contributed by atoms with Crippen LogP contribution in [0.3, 0.4) is 0 Å². The van der Waals surface area contributed by atoms with Crippen LogP contribution in [0.2, 0.25) is 5.28 Å². The molecule has 0 aliphatic rings. The molecule has 3 nitrogen and oxygen atoms in total. The Kier molecular flexibility index (Phi) is 3.44. The minimum absolute atomic E-state index is 0.187. The van der Waals surface area contributed by atoms with Crippen LogP contribution in [-0.2, 0) is 0 Å². The monoisotopic (exact) mass is 331 g/mol. The van der Waals surface area contributed by atoms with Crippen LogP contribution in [0.5, 0.6) is 0 Å². The number of aromatic nitrogens is 3. The van der Waals surface area contributed by atoms with Crippen molar-refractivity contribution in [1.82, 2.24) is 14.5 Å². The van der Waals surface area contributed by atoms with Crippen LogP contribution in [-0.4, -0.2) is 14.5 Å². The van der Waals surface area contributed by atoms with E-state index in [2.05, 4.69) is 52.0 Å². The number of hydrogen-bond acceptors (Lipinski definition) is 2. The van der Waals surface area contributed by atoms with Gasteiger partial charge in [0.1, 0.15) is 0 Å². The van der Waals surface area contributed by atoms with Crippen LogP contribution < -0.4 is 0 Å². The van der Waals surface area contributed by atoms with E-state index in [-0.39, 0.29) is 5.28 Å². The first-order chi connectivity index (χ1) is 11.7. The van der Waals surface area contributed by atoms with E-state index in [1.165, 1.54) is 0 Å². The van der Waals surface area contributed by atoms with Gasteiger partial charge in [0.15, 0.2) is 5.82 Å². The van der Waals surface area contributed by atoms with E-state index in [4.69, 9.17) is 11.6 Å². The van der Waals surface area contributed by atoms with Gasteiger partial charge in [0.2, 0.25) is 5.28 Å². The average Bonchev–Trinajstić information content (AvgIpc) is 2.95. The number of nitrogens with zero attached hydrogens (tertiary/aromatic N) is 3. The van der Waals surface area contributed by atoms with Gasteiger partial charge in [0, 0.05) is 16.3 Å². The number of hydrogen-bond donors (Lipinski definition) is 0. The minimum atomic E-state index is 0.187. The summed E-state index contributed by atoms with van der Waals surface area (Å²) in [5.74, 6) is 0.706. The molecule has 0 N–H and O–H groups in total. The molecule has 0 spiro atoms. The molecule has 4 heteroatoms. The Bertz CT molecular complexity index is 1060. The zero-order valence-corrected chi connectivity index (χ0v) is 13.7. The molecule has 0 aliphatic carbocycles. The van der Waals surface area contributed by atoms with Crippen LogP contribution in [0.4, 0.5) is 0 Å². The van der Waals surface area contributed by atoms with Crippen LogP contribution in [0.15, 0.2) is 61.7 Å². The van der Waals surface area contributed by atoms with Crippen molar-refractivity contribution in [3.8, 4) is 5.82 Å². The first kappa shape index (κ1) is 14.7. The zero-order valence-electron chi connectivity index (χ0n) is 12.9. The largest absolute Gasteiger partial charge is 0.293 e. The van der Waals surface area contributed by atoms with Crippen molar-refractivity contribution in [3.63, 3.8) is 0 Å². The van der Waals surface area contributed by atoms with Crippen molar-refractivity contribution < 1.29 is 0 Å². The third-order valence-corrected chi connectivity index (χ3v) is 4.29. The van der Waals surface area contributed by atoms with Crippen molar-refractivity contribution >= 4 is 45.6 Å². The van der Waals surface area contributed by atoms with Gasteiger partial charge in [-0.3, -0.25) is 4.57 Å². The van der Waals surface area contributed by atoms with Gasteiger partial charge in [-0.25, -0.2) is 4.98 Å². The lowest BCUT2D eigenvalue weighted by Gasteiger charge is -2.12. The number of fused-ring (bicyclic) bond motifs is 3. The van der Waals surface area contributed by atoms with Crippen molar-refractivity contribution in [2.75, 3.05) is 0 Å². The van der Waals surface area contributed by atoms with Crippen molar-refractivity contribution in [3.05, 3.63) is 78.2 Å². The lowest BCUT2D eigenvalue weighted by atomic mass is 10.2. The maximum Gasteiger partial charge on any atom is 0.224 e. The van der Waals surface area contributed by atoms with Crippen molar-refractivity contribution in [1.29, 1.82) is 0 Å². The third kappa shape index (κ3) is 2.06. The Hall–Kier alpha value is -2.91. The molecule has 4 aromatic rings. The summed E-state index contributed by atoms with van der Waals surface area (Å²) >= 11 is 6.16. The summed E-state index contributed by atoms with van der Waals surface area (Å²) in [5.41, 5.74) is 3.60. The molecule has 0 amide bonds. The topological polar surface area (TPSA) is 30.7 Å². The van der Waals surface area contributed by atoms with E-state index in [1.807, 2.05) is 24.3 Å². The smallest absolute Gasteiger partial charge is 0.224 e. The van der Waals surface area contributed by atoms with Gasteiger partial charge in [-0.1, -0.05) is 55.6 Å². The Balaban J connectivity index is 2.23. The maximum atomic E-state index is 6.16. The quantitative estimate of drug-likeness (QED) is 0.463. The van der Waals surface area contributed by atoms with E-state index in [9.17, 15) is 0 Å². The average molecular weight is 332 g/mol. The van der Waals surface area contributed by atoms with Gasteiger partial charge in [-0.2, -0.15) is 4.98 Å². The van der Waals surface area contributed by atoms with Gasteiger partial charge < -0.3 is 0 Å². The second kappa shape index (κ2) is 5.62. The van der Waals surface area contributed by atoms with E-state index < -0.39 is 0 Å². The molecule has 0 saturated heterocycles. The van der Waals surface area contributed by atoms with Gasteiger partial charge in [0.25, 0.3) is 0 Å². The molecule has 0 aliphatic heterocycles. The van der Waals surface area contributed by atoms with Gasteiger partial charge in [0.05, 0.1) is 16.7 Å². The summed E-state index contributed by atoms with van der Waals surface area (Å²) in [6.07, 6.45) is 3.41. The zero-order chi connectivity index (χ0) is 16.7. The molecule has 24 heavy (non-hydrogen) atoms. The first-order valence-corrected chi connectivity index (χ1v) is 7.93. The second-order valence-electron chi connectivity index (χ2n) is 5.39. The fourth-order valence-electron chi connectivity index (χ4n) is 3.12. The molecule has 0 bridgehead atoms. The summed E-state index contributed by atoms with van der Waals surface area (Å²) < 4.78 is 2.10. The summed E-state index contributed by atoms with van der Waals surface area (Å²) in [7, 11) is 0. The standard InChI is InChI=1S/C20H14ClN3/c1-3-13-16(4-2)22-20(21)23-19(13)24-17-11-7-5-9-14(17)15-10-6-8-12-18(15)24/h3-12H,1-2H2. The number of rotatable bonds is 3. The fourth-order valence-corrected chi connectivity index (χ4v) is 3.29. The van der Waals surface area contributed by atoms with Crippen LogP contribution >= 0.6 is 11.6 Å². The number of benzene rings is 2. The predicted octanol–water partition coefficient (Wildman–Crippen LogP) is 5.51. The predicted molar refractivity (Wildman–Crippen MR) is 102 cm³/mol. The molecule has 0 radical (unpaired) electrons. The number of halogens is 1. The van der Waals surface area contributed by atoms with Crippen LogP contribution in [0, 0.1) is 0 Å². The van der Waals surface area contributed by atoms with E-state index in [0.29, 0.717) is 11.5 Å². The highest BCUT2D eigenvalue weighted by Gasteiger charge is 2.17. The molecule has 0 atom stereocenters. The van der Waals surface area contributed by atoms with Gasteiger partial charge in [-0.15, -0.1) is 0 Å². The first-order valence-electron chi connectivity index (χ1n) is 7.55. The molecule has 4 rings (SSSR count). The van der Waals surface area contributed by atoms with E-state index >= 15 is 0 Å². The highest BCUT2D eigenvalue weighted by molar-refractivity contribution is 6.28. The molecule has 0 unspecified atom stereocenters. The minimum Gasteiger partial charge on any atom is -0.293 e. The highest BCUT2D eigenvalue weighted by Crippen LogP contribution is 2.33. The van der Waals surface area contributed by atoms with Gasteiger partial charge in [-0.05, 0) is 29.8 Å². The Morgan fingerprint density at radius 2 is 1.42 bits per heavy atom. The molecular weight excluding hydrogens is 318 g/mol. The molecule has 2 aromatic carbocycles. The van der Waals surface area contributed by atoms with Crippen molar-refractivity contribution in [2.24, 2.45) is 0 Å². The molecule has 2 heterocycles. The lowest BCUT2D eigenvalue weighted by Crippen LogP contribution is -2.04. The third-order valence-electron chi connectivity index (χ3n) is 4.12. The van der Waals surface area contributed by atoms with E-state index in [0.717, 1.165) is 27.4 Å². The Morgan fingerprint density at radius 1 is 0.833 bits per heavy atom. The molecule has 0 fully saturated rings.